The molecule has 108 valence electrons. The van der Waals surface area contributed by atoms with Gasteiger partial charge in [0, 0.05) is 12.3 Å². The Kier molecular flexibility index (Phi) is 6.10. The zero-order valence-electron chi connectivity index (χ0n) is 11.2. The van der Waals surface area contributed by atoms with Crippen molar-refractivity contribution < 1.29 is 9.84 Å². The first kappa shape index (κ1) is 15.1. The number of ether oxygens (including phenoxy) is 1. The van der Waals surface area contributed by atoms with E-state index in [0.717, 1.165) is 21.8 Å². The number of hydrogen-bond acceptors (Lipinski definition) is 7. The summed E-state index contributed by atoms with van der Waals surface area (Å²) in [6.07, 6.45) is -0.535. The van der Waals surface area contributed by atoms with Gasteiger partial charge in [0.15, 0.2) is 4.34 Å². The van der Waals surface area contributed by atoms with E-state index in [1.165, 1.54) is 23.1 Å². The molecule has 2 N–H and O–H groups in total. The molecule has 0 saturated heterocycles. The molecule has 1 heterocycles. The summed E-state index contributed by atoms with van der Waals surface area (Å²) in [5, 5.41) is 21.8. The molecular weight excluding hydrogens is 294 g/mol. The second-order valence-electron chi connectivity index (χ2n) is 3.99. The second kappa shape index (κ2) is 8.08. The smallest absolute Gasteiger partial charge is 0.206 e. The Bertz CT molecular complexity index is 507. The number of aliphatic hydroxyl groups excluding tert-OH is 1. The molecule has 0 amide bonds. The zero-order chi connectivity index (χ0) is 14.2. The van der Waals surface area contributed by atoms with Crippen LogP contribution in [0.5, 0.6) is 5.75 Å². The summed E-state index contributed by atoms with van der Waals surface area (Å²) in [4.78, 5) is 0. The molecule has 0 spiro atoms. The van der Waals surface area contributed by atoms with E-state index in [4.69, 9.17) is 4.74 Å². The normalized spacial score (nSPS) is 12.1. The van der Waals surface area contributed by atoms with E-state index in [2.05, 4.69) is 15.5 Å². The van der Waals surface area contributed by atoms with E-state index >= 15 is 0 Å². The summed E-state index contributed by atoms with van der Waals surface area (Å²) in [6.45, 7) is 3.11. The van der Waals surface area contributed by atoms with Crippen molar-refractivity contribution in [1.29, 1.82) is 0 Å². The molecule has 5 nitrogen and oxygen atoms in total. The summed E-state index contributed by atoms with van der Waals surface area (Å²) < 4.78 is 6.34. The van der Waals surface area contributed by atoms with E-state index in [1.807, 2.05) is 37.3 Å². The number of aliphatic hydroxyl groups is 1. The molecule has 0 aliphatic carbocycles. The summed E-state index contributed by atoms with van der Waals surface area (Å²) in [7, 11) is 0. The third-order valence-corrected chi connectivity index (χ3v) is 4.48. The van der Waals surface area contributed by atoms with Gasteiger partial charge in [-0.05, 0) is 19.1 Å². The summed E-state index contributed by atoms with van der Waals surface area (Å²) in [5.41, 5.74) is 0. The van der Waals surface area contributed by atoms with Crippen molar-refractivity contribution in [3.63, 3.8) is 0 Å². The van der Waals surface area contributed by atoms with Gasteiger partial charge in [-0.1, -0.05) is 41.3 Å². The lowest BCUT2D eigenvalue weighted by atomic mass is 10.3. The van der Waals surface area contributed by atoms with Gasteiger partial charge in [0.1, 0.15) is 12.4 Å². The van der Waals surface area contributed by atoms with Crippen molar-refractivity contribution >= 4 is 28.2 Å². The highest BCUT2D eigenvalue weighted by Crippen LogP contribution is 2.25. The molecule has 0 saturated carbocycles. The minimum atomic E-state index is -0.535. The first-order valence-electron chi connectivity index (χ1n) is 6.34. The van der Waals surface area contributed by atoms with Gasteiger partial charge < -0.3 is 15.2 Å². The minimum absolute atomic E-state index is 0.274. The average molecular weight is 311 g/mol. The van der Waals surface area contributed by atoms with Crippen LogP contribution in [-0.4, -0.2) is 40.3 Å². The van der Waals surface area contributed by atoms with Gasteiger partial charge >= 0.3 is 0 Å². The lowest BCUT2D eigenvalue weighted by Gasteiger charge is -2.10. The van der Waals surface area contributed by atoms with Crippen molar-refractivity contribution in [3.8, 4) is 5.75 Å². The van der Waals surface area contributed by atoms with Gasteiger partial charge in [-0.25, -0.2) is 0 Å². The van der Waals surface area contributed by atoms with Crippen LogP contribution >= 0.6 is 23.1 Å². The summed E-state index contributed by atoms with van der Waals surface area (Å²) in [6, 6.07) is 9.47. The molecule has 0 radical (unpaired) electrons. The molecule has 0 fully saturated rings. The van der Waals surface area contributed by atoms with E-state index < -0.39 is 6.10 Å². The Hall–Kier alpha value is -1.31. The maximum atomic E-state index is 9.88. The Morgan fingerprint density at radius 3 is 2.90 bits per heavy atom. The van der Waals surface area contributed by atoms with Crippen LogP contribution in [0.15, 0.2) is 34.7 Å². The van der Waals surface area contributed by atoms with Crippen LogP contribution in [0.1, 0.15) is 6.92 Å². The largest absolute Gasteiger partial charge is 0.491 e. The molecule has 1 aromatic heterocycles. The lowest BCUT2D eigenvalue weighted by molar-refractivity contribution is 0.126. The standard InChI is InChI=1S/C13H17N3O2S2/c1-2-14-12-15-16-13(20-12)19-9-10(17)8-18-11-6-4-3-5-7-11/h3-7,10,17H,2,8-9H2,1H3,(H,14,15). The molecule has 1 unspecified atom stereocenters. The maximum absolute atomic E-state index is 9.88. The Labute approximate surface area is 126 Å². The average Bonchev–Trinajstić information content (AvgIpc) is 2.92. The predicted molar refractivity (Wildman–Crippen MR) is 82.7 cm³/mol. The highest BCUT2D eigenvalue weighted by atomic mass is 32.2. The Morgan fingerprint density at radius 2 is 2.15 bits per heavy atom. The van der Waals surface area contributed by atoms with E-state index in [-0.39, 0.29) is 6.61 Å². The molecular formula is C13H17N3O2S2. The number of anilines is 1. The van der Waals surface area contributed by atoms with Crippen molar-refractivity contribution in [3.05, 3.63) is 30.3 Å². The fraction of sp³-hybridized carbons (Fsp3) is 0.385. The first-order chi connectivity index (χ1) is 9.78. The Balaban J connectivity index is 1.70. The van der Waals surface area contributed by atoms with E-state index in [1.54, 1.807) is 0 Å². The zero-order valence-corrected chi connectivity index (χ0v) is 12.8. The molecule has 20 heavy (non-hydrogen) atoms. The highest BCUT2D eigenvalue weighted by molar-refractivity contribution is 8.01. The van der Waals surface area contributed by atoms with Gasteiger partial charge in [0.25, 0.3) is 0 Å². The molecule has 7 heteroatoms. The predicted octanol–water partition coefficient (Wildman–Crippen LogP) is 2.50. The van der Waals surface area contributed by atoms with Crippen LogP contribution in [0, 0.1) is 0 Å². The molecule has 0 aliphatic heterocycles. The van der Waals surface area contributed by atoms with E-state index in [9.17, 15) is 5.11 Å². The van der Waals surface area contributed by atoms with Crippen molar-refractivity contribution in [1.82, 2.24) is 10.2 Å². The fourth-order valence-electron chi connectivity index (χ4n) is 1.42. The van der Waals surface area contributed by atoms with Crippen molar-refractivity contribution in [2.24, 2.45) is 0 Å². The van der Waals surface area contributed by atoms with Gasteiger partial charge in [-0.15, -0.1) is 10.2 Å². The summed E-state index contributed by atoms with van der Waals surface area (Å²) in [5.74, 6) is 1.30. The van der Waals surface area contributed by atoms with E-state index in [0.29, 0.717) is 5.75 Å². The van der Waals surface area contributed by atoms with Crippen LogP contribution in [0.4, 0.5) is 5.13 Å². The SMILES string of the molecule is CCNc1nnc(SCC(O)COc2ccccc2)s1. The number of aromatic nitrogens is 2. The number of nitrogens with one attached hydrogen (secondary N) is 1. The molecule has 2 rings (SSSR count). The quantitative estimate of drug-likeness (QED) is 0.730. The number of nitrogens with zero attached hydrogens (tertiary/aromatic N) is 2. The minimum Gasteiger partial charge on any atom is -0.491 e. The third kappa shape index (κ3) is 4.99. The molecule has 1 atom stereocenters. The van der Waals surface area contributed by atoms with Gasteiger partial charge in [0.2, 0.25) is 5.13 Å². The molecule has 1 aromatic carbocycles. The second-order valence-corrected chi connectivity index (χ2v) is 6.24. The number of para-hydroxylation sites is 1. The lowest BCUT2D eigenvalue weighted by Crippen LogP contribution is -2.19. The van der Waals surface area contributed by atoms with Crippen molar-refractivity contribution in [2.45, 2.75) is 17.4 Å². The highest BCUT2D eigenvalue weighted by Gasteiger charge is 2.09. The molecule has 0 aliphatic rings. The maximum Gasteiger partial charge on any atom is 0.206 e. The fourth-order valence-corrected chi connectivity index (χ4v) is 3.17. The number of benzene rings is 1. The van der Waals surface area contributed by atoms with Gasteiger partial charge in [0.05, 0.1) is 6.10 Å². The number of thioether (sulfide) groups is 1. The van der Waals surface area contributed by atoms with Gasteiger partial charge in [-0.3, -0.25) is 0 Å². The molecule has 2 aromatic rings. The van der Waals surface area contributed by atoms with Crippen LogP contribution in [0.3, 0.4) is 0 Å². The molecule has 0 bridgehead atoms. The number of hydrogen-bond donors (Lipinski definition) is 2. The van der Waals surface area contributed by atoms with Crippen LogP contribution in [0.2, 0.25) is 0 Å². The monoisotopic (exact) mass is 311 g/mol. The Morgan fingerprint density at radius 1 is 1.35 bits per heavy atom. The third-order valence-electron chi connectivity index (χ3n) is 2.32. The van der Waals surface area contributed by atoms with Crippen LogP contribution < -0.4 is 10.1 Å². The van der Waals surface area contributed by atoms with Crippen LogP contribution in [-0.2, 0) is 0 Å². The summed E-state index contributed by atoms with van der Waals surface area (Å²) >= 11 is 2.98. The van der Waals surface area contributed by atoms with Crippen molar-refractivity contribution in [2.75, 3.05) is 24.2 Å². The topological polar surface area (TPSA) is 67.3 Å². The van der Waals surface area contributed by atoms with Gasteiger partial charge in [-0.2, -0.15) is 0 Å². The number of rotatable bonds is 8. The van der Waals surface area contributed by atoms with Crippen LogP contribution in [0.25, 0.3) is 0 Å². The first-order valence-corrected chi connectivity index (χ1v) is 8.14.